The molecule has 1 heterocycles. The molecule has 114 valence electrons. The Bertz CT molecular complexity index is 565. The van der Waals surface area contributed by atoms with Crippen molar-refractivity contribution < 1.29 is 0 Å². The lowest BCUT2D eigenvalue weighted by Gasteiger charge is -2.16. The number of rotatable bonds is 7. The maximum atomic E-state index is 6.29. The van der Waals surface area contributed by atoms with Gasteiger partial charge in [0.05, 0.1) is 16.4 Å². The van der Waals surface area contributed by atoms with Crippen molar-refractivity contribution in [3.8, 4) is 0 Å². The maximum Gasteiger partial charge on any atom is 0.0847 e. The Labute approximate surface area is 131 Å². The Balaban J connectivity index is 1.88. The summed E-state index contributed by atoms with van der Waals surface area (Å²) in [6, 6.07) is 10.7. The van der Waals surface area contributed by atoms with E-state index < -0.39 is 0 Å². The summed E-state index contributed by atoms with van der Waals surface area (Å²) in [4.78, 5) is 0. The minimum Gasteiger partial charge on any atom is -0.271 e. The zero-order valence-electron chi connectivity index (χ0n) is 12.6. The fraction of sp³-hybridized carbons (Fsp3) is 0.438. The van der Waals surface area contributed by atoms with Gasteiger partial charge in [0, 0.05) is 19.5 Å². The number of nitrogens with one attached hydrogen (secondary N) is 1. The number of hydrogen-bond acceptors (Lipinski definition) is 3. The van der Waals surface area contributed by atoms with Crippen molar-refractivity contribution >= 4 is 11.6 Å². The van der Waals surface area contributed by atoms with Gasteiger partial charge in [0.1, 0.15) is 0 Å². The molecule has 0 aliphatic carbocycles. The van der Waals surface area contributed by atoms with Gasteiger partial charge in [-0.05, 0) is 31.7 Å². The summed E-state index contributed by atoms with van der Waals surface area (Å²) in [6.45, 7) is 1.92. The maximum absolute atomic E-state index is 6.29. The molecule has 0 aliphatic rings. The molecule has 0 saturated heterocycles. The average Bonchev–Trinajstić information content (AvgIpc) is 2.73. The van der Waals surface area contributed by atoms with E-state index in [1.165, 1.54) is 5.56 Å². The molecule has 21 heavy (non-hydrogen) atoms. The van der Waals surface area contributed by atoms with E-state index in [1.54, 1.807) is 0 Å². The highest BCUT2D eigenvalue weighted by Crippen LogP contribution is 2.21. The predicted molar refractivity (Wildman–Crippen MR) is 87.2 cm³/mol. The average molecular weight is 307 g/mol. The van der Waals surface area contributed by atoms with E-state index in [1.807, 2.05) is 24.7 Å². The summed E-state index contributed by atoms with van der Waals surface area (Å²) in [6.07, 6.45) is 3.96. The first-order chi connectivity index (χ1) is 10.1. The van der Waals surface area contributed by atoms with Gasteiger partial charge in [0.25, 0.3) is 0 Å². The normalized spacial score (nSPS) is 12.6. The number of aromatic nitrogens is 2. The molecule has 1 aromatic carbocycles. The van der Waals surface area contributed by atoms with Crippen LogP contribution < -0.4 is 11.3 Å². The van der Waals surface area contributed by atoms with Gasteiger partial charge in [-0.15, -0.1) is 0 Å². The van der Waals surface area contributed by atoms with Gasteiger partial charge >= 0.3 is 0 Å². The number of nitrogens with zero attached hydrogens (tertiary/aromatic N) is 2. The third kappa shape index (κ3) is 4.30. The lowest BCUT2D eigenvalue weighted by Crippen LogP contribution is -2.37. The van der Waals surface area contributed by atoms with E-state index in [0.29, 0.717) is 0 Å². The second-order valence-electron chi connectivity index (χ2n) is 5.42. The van der Waals surface area contributed by atoms with Crippen LogP contribution in [0.4, 0.5) is 0 Å². The van der Waals surface area contributed by atoms with Gasteiger partial charge in [0.15, 0.2) is 0 Å². The van der Waals surface area contributed by atoms with Gasteiger partial charge in [-0.3, -0.25) is 16.0 Å². The van der Waals surface area contributed by atoms with Crippen molar-refractivity contribution in [1.82, 2.24) is 15.2 Å². The number of halogens is 1. The Morgan fingerprint density at radius 1 is 1.33 bits per heavy atom. The fourth-order valence-electron chi connectivity index (χ4n) is 2.58. The molecule has 4 nitrogen and oxygen atoms in total. The van der Waals surface area contributed by atoms with Crippen LogP contribution in [-0.4, -0.2) is 15.8 Å². The molecule has 0 bridgehead atoms. The van der Waals surface area contributed by atoms with E-state index in [4.69, 9.17) is 17.4 Å². The first-order valence-electron chi connectivity index (χ1n) is 7.30. The molecule has 1 aromatic heterocycles. The van der Waals surface area contributed by atoms with Crippen molar-refractivity contribution in [2.24, 2.45) is 12.9 Å². The van der Waals surface area contributed by atoms with E-state index in [0.717, 1.165) is 42.1 Å². The van der Waals surface area contributed by atoms with Crippen LogP contribution in [0.25, 0.3) is 0 Å². The van der Waals surface area contributed by atoms with E-state index >= 15 is 0 Å². The van der Waals surface area contributed by atoms with Crippen LogP contribution in [0, 0.1) is 6.92 Å². The van der Waals surface area contributed by atoms with Crippen LogP contribution in [0.3, 0.4) is 0 Å². The molecular formula is C16H23ClN4. The molecule has 0 saturated carbocycles. The van der Waals surface area contributed by atoms with E-state index in [2.05, 4.69) is 34.8 Å². The highest BCUT2D eigenvalue weighted by atomic mass is 35.5. The zero-order valence-corrected chi connectivity index (χ0v) is 13.4. The van der Waals surface area contributed by atoms with E-state index in [9.17, 15) is 0 Å². The van der Waals surface area contributed by atoms with Crippen molar-refractivity contribution in [3.63, 3.8) is 0 Å². The van der Waals surface area contributed by atoms with Crippen molar-refractivity contribution in [1.29, 1.82) is 0 Å². The zero-order chi connectivity index (χ0) is 15.2. The van der Waals surface area contributed by atoms with Crippen LogP contribution in [0.1, 0.15) is 29.8 Å². The summed E-state index contributed by atoms with van der Waals surface area (Å²) >= 11 is 6.29. The third-order valence-electron chi connectivity index (χ3n) is 3.80. The SMILES string of the molecule is Cc1nn(C)c(CC(CCCc2ccccc2)NN)c1Cl. The number of aryl methyl sites for hydroxylation is 3. The summed E-state index contributed by atoms with van der Waals surface area (Å²) in [5.41, 5.74) is 6.17. The van der Waals surface area contributed by atoms with Gasteiger partial charge < -0.3 is 0 Å². The van der Waals surface area contributed by atoms with Crippen LogP contribution in [0.2, 0.25) is 5.02 Å². The van der Waals surface area contributed by atoms with Crippen LogP contribution >= 0.6 is 11.6 Å². The number of nitrogens with two attached hydrogens (primary N) is 1. The molecule has 0 spiro atoms. The first-order valence-corrected chi connectivity index (χ1v) is 7.67. The molecule has 2 aromatic rings. The standard InChI is InChI=1S/C16H23ClN4/c1-12-16(17)15(21(2)20-12)11-14(19-18)10-6-9-13-7-4-3-5-8-13/h3-5,7-8,14,19H,6,9-11,18H2,1-2H3. The summed E-state index contributed by atoms with van der Waals surface area (Å²) < 4.78 is 1.85. The Morgan fingerprint density at radius 3 is 2.62 bits per heavy atom. The minimum atomic E-state index is 0.209. The van der Waals surface area contributed by atoms with Gasteiger partial charge in [-0.1, -0.05) is 41.9 Å². The molecule has 0 radical (unpaired) electrons. The van der Waals surface area contributed by atoms with Crippen molar-refractivity contribution in [2.45, 2.75) is 38.6 Å². The monoisotopic (exact) mass is 306 g/mol. The smallest absolute Gasteiger partial charge is 0.0847 e. The minimum absolute atomic E-state index is 0.209. The molecule has 0 fully saturated rings. The Morgan fingerprint density at radius 2 is 2.05 bits per heavy atom. The Hall–Kier alpha value is -1.36. The summed E-state index contributed by atoms with van der Waals surface area (Å²) in [5.74, 6) is 5.68. The molecule has 0 aliphatic heterocycles. The molecule has 1 unspecified atom stereocenters. The Kier molecular flexibility index (Phi) is 5.79. The van der Waals surface area contributed by atoms with Gasteiger partial charge in [-0.2, -0.15) is 5.10 Å². The van der Waals surface area contributed by atoms with Crippen molar-refractivity contribution in [2.75, 3.05) is 0 Å². The predicted octanol–water partition coefficient (Wildman–Crippen LogP) is 2.78. The molecule has 1 atom stereocenters. The van der Waals surface area contributed by atoms with Crippen LogP contribution in [0.5, 0.6) is 0 Å². The lowest BCUT2D eigenvalue weighted by atomic mass is 10.0. The lowest BCUT2D eigenvalue weighted by molar-refractivity contribution is 0.464. The second kappa shape index (κ2) is 7.59. The van der Waals surface area contributed by atoms with E-state index in [-0.39, 0.29) is 6.04 Å². The number of benzene rings is 1. The highest BCUT2D eigenvalue weighted by molar-refractivity contribution is 6.31. The largest absolute Gasteiger partial charge is 0.271 e. The number of hydrogen-bond donors (Lipinski definition) is 2. The fourth-order valence-corrected chi connectivity index (χ4v) is 2.81. The molecule has 2 rings (SSSR count). The molecular weight excluding hydrogens is 284 g/mol. The summed E-state index contributed by atoms with van der Waals surface area (Å²) in [5, 5.41) is 5.09. The highest BCUT2D eigenvalue weighted by Gasteiger charge is 2.16. The topological polar surface area (TPSA) is 55.9 Å². The molecule has 5 heteroatoms. The van der Waals surface area contributed by atoms with Crippen LogP contribution in [-0.2, 0) is 19.9 Å². The van der Waals surface area contributed by atoms with Gasteiger partial charge in [0.2, 0.25) is 0 Å². The molecule has 0 amide bonds. The third-order valence-corrected chi connectivity index (χ3v) is 4.29. The second-order valence-corrected chi connectivity index (χ2v) is 5.79. The van der Waals surface area contributed by atoms with Crippen LogP contribution in [0.15, 0.2) is 30.3 Å². The van der Waals surface area contributed by atoms with Gasteiger partial charge in [-0.25, -0.2) is 0 Å². The quantitative estimate of drug-likeness (QED) is 0.611. The summed E-state index contributed by atoms with van der Waals surface area (Å²) in [7, 11) is 1.92. The van der Waals surface area contributed by atoms with Crippen molar-refractivity contribution in [3.05, 3.63) is 52.3 Å². The molecule has 3 N–H and O–H groups in total. The number of hydrazine groups is 1. The first kappa shape index (κ1) is 16.0.